The van der Waals surface area contributed by atoms with E-state index in [0.29, 0.717) is 0 Å². The first-order chi connectivity index (χ1) is 9.72. The summed E-state index contributed by atoms with van der Waals surface area (Å²) in [5, 5.41) is 2.92. The van der Waals surface area contributed by atoms with Gasteiger partial charge in [-0.2, -0.15) is 0 Å². The van der Waals surface area contributed by atoms with Crippen LogP contribution in [0.2, 0.25) is 0 Å². The van der Waals surface area contributed by atoms with E-state index in [-0.39, 0.29) is 29.3 Å². The summed E-state index contributed by atoms with van der Waals surface area (Å²) < 4.78 is 22.8. The molecule has 5 nitrogen and oxygen atoms in total. The van der Waals surface area contributed by atoms with E-state index in [1.807, 2.05) is 6.92 Å². The predicted octanol–water partition coefficient (Wildman–Crippen LogP) is 1.96. The van der Waals surface area contributed by atoms with E-state index in [9.17, 15) is 13.2 Å². The molecule has 22 heavy (non-hydrogen) atoms. The first kappa shape index (κ1) is 18.9. The van der Waals surface area contributed by atoms with E-state index in [1.54, 1.807) is 24.3 Å². The second-order valence-corrected chi connectivity index (χ2v) is 7.92. The molecule has 1 atom stereocenters. The molecule has 1 aromatic carbocycles. The zero-order valence-electron chi connectivity index (χ0n) is 12.8. The van der Waals surface area contributed by atoms with Crippen LogP contribution in [0.3, 0.4) is 0 Å². The average molecular weight is 347 g/mol. The van der Waals surface area contributed by atoms with Gasteiger partial charge in [-0.25, -0.2) is 8.42 Å². The van der Waals surface area contributed by atoms with Crippen LogP contribution in [-0.4, -0.2) is 26.1 Å². The number of benzene rings is 1. The number of carbonyl (C=O) groups is 1. The van der Waals surface area contributed by atoms with Crippen LogP contribution in [0.1, 0.15) is 44.2 Å². The van der Waals surface area contributed by atoms with E-state index in [4.69, 9.17) is 5.73 Å². The second-order valence-electron chi connectivity index (χ2n) is 5.90. The molecule has 1 aliphatic carbocycles. The number of hydrogen-bond acceptors (Lipinski definition) is 4. The Labute approximate surface area is 138 Å². The molecule has 2 rings (SSSR count). The van der Waals surface area contributed by atoms with E-state index in [1.165, 1.54) is 6.26 Å². The largest absolute Gasteiger partial charge is 0.348 e. The van der Waals surface area contributed by atoms with Crippen LogP contribution in [0.25, 0.3) is 0 Å². The molecule has 124 valence electrons. The fourth-order valence-electron chi connectivity index (χ4n) is 2.66. The van der Waals surface area contributed by atoms with Gasteiger partial charge in [0, 0.05) is 6.26 Å². The fraction of sp³-hybridized carbons (Fsp3) is 0.533. The summed E-state index contributed by atoms with van der Waals surface area (Å²) in [7, 11) is -3.20. The molecule has 1 aliphatic rings. The highest BCUT2D eigenvalue weighted by Gasteiger charge is 2.37. The van der Waals surface area contributed by atoms with Crippen molar-refractivity contribution in [3.05, 3.63) is 29.8 Å². The second kappa shape index (κ2) is 6.98. The van der Waals surface area contributed by atoms with Gasteiger partial charge in [0.15, 0.2) is 9.84 Å². The molecule has 1 fully saturated rings. The summed E-state index contributed by atoms with van der Waals surface area (Å²) in [5.41, 5.74) is 6.23. The van der Waals surface area contributed by atoms with Crippen LogP contribution in [-0.2, 0) is 14.6 Å². The zero-order valence-corrected chi connectivity index (χ0v) is 14.5. The number of hydrogen-bond donors (Lipinski definition) is 2. The summed E-state index contributed by atoms with van der Waals surface area (Å²) >= 11 is 0. The molecule has 1 saturated carbocycles. The monoisotopic (exact) mass is 346 g/mol. The number of carbonyl (C=O) groups excluding carboxylic acids is 1. The van der Waals surface area contributed by atoms with Crippen molar-refractivity contribution in [1.82, 2.24) is 5.32 Å². The molecule has 1 aromatic rings. The predicted molar refractivity (Wildman–Crippen MR) is 88.7 cm³/mol. The highest BCUT2D eigenvalue weighted by molar-refractivity contribution is 7.90. The zero-order chi connectivity index (χ0) is 15.7. The van der Waals surface area contributed by atoms with Crippen molar-refractivity contribution in [2.24, 2.45) is 5.73 Å². The highest BCUT2D eigenvalue weighted by atomic mass is 35.5. The van der Waals surface area contributed by atoms with E-state index >= 15 is 0 Å². The third-order valence-corrected chi connectivity index (χ3v) is 5.23. The number of amides is 1. The van der Waals surface area contributed by atoms with Gasteiger partial charge >= 0.3 is 0 Å². The Balaban J connectivity index is 0.00000242. The third kappa shape index (κ3) is 4.21. The molecular formula is C15H23ClN2O3S. The van der Waals surface area contributed by atoms with Crippen molar-refractivity contribution in [2.45, 2.75) is 49.1 Å². The molecule has 3 N–H and O–H groups in total. The number of halogens is 1. The first-order valence-corrected chi connectivity index (χ1v) is 9.01. The smallest absolute Gasteiger partial charge is 0.240 e. The quantitative estimate of drug-likeness (QED) is 0.872. The maximum Gasteiger partial charge on any atom is 0.240 e. The number of nitrogens with one attached hydrogen (secondary N) is 1. The maximum absolute atomic E-state index is 12.2. The standard InChI is InChI=1S/C15H22N2O3S.ClH/c1-11(17-14(18)15(16)9-3-4-10-15)12-5-7-13(8-6-12)21(2,19)20;/h5-8,11H,3-4,9-10,16H2,1-2H3,(H,17,18);1H. The molecule has 0 spiro atoms. The lowest BCUT2D eigenvalue weighted by Crippen LogP contribution is -2.52. The Morgan fingerprint density at radius 3 is 2.18 bits per heavy atom. The van der Waals surface area contributed by atoms with Crippen LogP contribution < -0.4 is 11.1 Å². The van der Waals surface area contributed by atoms with Crippen LogP contribution in [0.5, 0.6) is 0 Å². The van der Waals surface area contributed by atoms with Crippen LogP contribution in [0.4, 0.5) is 0 Å². The molecule has 1 unspecified atom stereocenters. The Morgan fingerprint density at radius 2 is 1.73 bits per heavy atom. The summed E-state index contributed by atoms with van der Waals surface area (Å²) in [6, 6.07) is 6.35. The maximum atomic E-state index is 12.2. The Bertz CT molecular complexity index is 623. The van der Waals surface area contributed by atoms with Crippen LogP contribution in [0.15, 0.2) is 29.2 Å². The normalized spacial score (nSPS) is 18.3. The van der Waals surface area contributed by atoms with Crippen LogP contribution in [0, 0.1) is 0 Å². The van der Waals surface area contributed by atoms with Gasteiger partial charge in [0.05, 0.1) is 16.5 Å². The van der Waals surface area contributed by atoms with Crippen molar-refractivity contribution < 1.29 is 13.2 Å². The third-order valence-electron chi connectivity index (χ3n) is 4.10. The summed E-state index contributed by atoms with van der Waals surface area (Å²) in [6.45, 7) is 1.87. The minimum Gasteiger partial charge on any atom is -0.348 e. The summed E-state index contributed by atoms with van der Waals surface area (Å²) in [5.74, 6) is -0.125. The minimum absolute atomic E-state index is 0. The van der Waals surface area contributed by atoms with E-state index in [0.717, 1.165) is 31.2 Å². The molecule has 0 bridgehead atoms. The molecule has 0 heterocycles. The first-order valence-electron chi connectivity index (χ1n) is 7.12. The van der Waals surface area contributed by atoms with Gasteiger partial charge in [-0.15, -0.1) is 12.4 Å². The molecular weight excluding hydrogens is 324 g/mol. The molecule has 0 saturated heterocycles. The summed E-state index contributed by atoms with van der Waals surface area (Å²) in [4.78, 5) is 12.5. The van der Waals surface area contributed by atoms with Crippen molar-refractivity contribution in [3.8, 4) is 0 Å². The van der Waals surface area contributed by atoms with E-state index < -0.39 is 15.4 Å². The Hall–Kier alpha value is -1.11. The van der Waals surface area contributed by atoms with Gasteiger partial charge < -0.3 is 11.1 Å². The van der Waals surface area contributed by atoms with Gasteiger partial charge in [0.25, 0.3) is 0 Å². The van der Waals surface area contributed by atoms with Crippen molar-refractivity contribution in [2.75, 3.05) is 6.26 Å². The van der Waals surface area contributed by atoms with E-state index in [2.05, 4.69) is 5.32 Å². The molecule has 0 aromatic heterocycles. The lowest BCUT2D eigenvalue weighted by Gasteiger charge is -2.25. The van der Waals surface area contributed by atoms with Gasteiger partial charge in [-0.3, -0.25) is 4.79 Å². The van der Waals surface area contributed by atoms with Gasteiger partial charge in [-0.05, 0) is 37.5 Å². The molecule has 0 radical (unpaired) electrons. The fourth-order valence-corrected chi connectivity index (χ4v) is 3.29. The molecule has 7 heteroatoms. The Morgan fingerprint density at radius 1 is 1.23 bits per heavy atom. The van der Waals surface area contributed by atoms with Crippen LogP contribution >= 0.6 is 12.4 Å². The highest BCUT2D eigenvalue weighted by Crippen LogP contribution is 2.28. The SMILES string of the molecule is CC(NC(=O)C1(N)CCCC1)c1ccc(S(C)(=O)=O)cc1.Cl. The van der Waals surface area contributed by atoms with Gasteiger partial charge in [-0.1, -0.05) is 25.0 Å². The number of sulfone groups is 1. The summed E-state index contributed by atoms with van der Waals surface area (Å²) in [6.07, 6.45) is 4.59. The Kier molecular flexibility index (Phi) is 6.01. The minimum atomic E-state index is -3.20. The molecule has 0 aliphatic heterocycles. The van der Waals surface area contributed by atoms with Crippen molar-refractivity contribution in [1.29, 1.82) is 0 Å². The lowest BCUT2D eigenvalue weighted by atomic mass is 9.97. The number of rotatable bonds is 4. The topological polar surface area (TPSA) is 89.3 Å². The van der Waals surface area contributed by atoms with Gasteiger partial charge in [0.1, 0.15) is 0 Å². The van der Waals surface area contributed by atoms with Crippen molar-refractivity contribution in [3.63, 3.8) is 0 Å². The number of nitrogens with two attached hydrogens (primary N) is 1. The van der Waals surface area contributed by atoms with Crippen molar-refractivity contribution >= 4 is 28.2 Å². The lowest BCUT2D eigenvalue weighted by molar-refractivity contribution is -0.126. The molecule has 1 amide bonds. The van der Waals surface area contributed by atoms with Gasteiger partial charge in [0.2, 0.25) is 5.91 Å². The average Bonchev–Trinajstić information content (AvgIpc) is 2.86.